The Morgan fingerprint density at radius 3 is 2.56 bits per heavy atom. The molecule has 2 nitrogen and oxygen atoms in total. The van der Waals surface area contributed by atoms with Crippen molar-refractivity contribution in [1.29, 1.82) is 0 Å². The van der Waals surface area contributed by atoms with Gasteiger partial charge in [0.05, 0.1) is 6.54 Å². The van der Waals surface area contributed by atoms with Crippen LogP contribution in [0.5, 0.6) is 0 Å². The minimum atomic E-state index is 0. The molecule has 2 aromatic rings. The van der Waals surface area contributed by atoms with Crippen molar-refractivity contribution in [3.63, 3.8) is 0 Å². The lowest BCUT2D eigenvalue weighted by Gasteiger charge is -2.44. The van der Waals surface area contributed by atoms with Crippen molar-refractivity contribution < 1.29 is 26.2 Å². The second kappa shape index (κ2) is 9.87. The predicted octanol–water partition coefficient (Wildman–Crippen LogP) is 4.60. The lowest BCUT2D eigenvalue weighted by Crippen LogP contribution is -3.00. The Morgan fingerprint density at radius 2 is 1.79 bits per heavy atom. The molecule has 0 N–H and O–H groups in total. The highest BCUT2D eigenvalue weighted by atomic mass is 79.9. The molecule has 1 saturated carbocycles. The molecule has 2 aromatic carbocycles. The first kappa shape index (κ1) is 26.2. The number of ether oxygens (including phenoxy) is 1. The van der Waals surface area contributed by atoms with Crippen molar-refractivity contribution in [2.45, 2.75) is 90.8 Å². The van der Waals surface area contributed by atoms with E-state index in [1.165, 1.54) is 72.4 Å². The molecule has 0 unspecified atom stereocenters. The Labute approximate surface area is 218 Å². The van der Waals surface area contributed by atoms with Crippen molar-refractivity contribution in [3.8, 4) is 0 Å². The van der Waals surface area contributed by atoms with Crippen LogP contribution in [0.15, 0.2) is 42.5 Å². The highest BCUT2D eigenvalue weighted by Gasteiger charge is 2.78. The normalized spacial score (nSPS) is 36.2. The summed E-state index contributed by atoms with van der Waals surface area (Å²) < 4.78 is 8.34. The van der Waals surface area contributed by atoms with E-state index in [4.69, 9.17) is 4.74 Å². The second-order valence-corrected chi connectivity index (χ2v) is 12.2. The van der Waals surface area contributed by atoms with Gasteiger partial charge in [0, 0.05) is 29.9 Å². The van der Waals surface area contributed by atoms with Gasteiger partial charge < -0.3 is 26.2 Å². The Kier molecular flexibility index (Phi) is 7.59. The maximum absolute atomic E-state index is 7.10. The molecule has 2 heterocycles. The van der Waals surface area contributed by atoms with Gasteiger partial charge in [-0.3, -0.25) is 0 Å². The number of nitrogens with zero attached hydrogens (tertiary/aromatic N) is 1. The molecule has 1 aliphatic carbocycles. The minimum absolute atomic E-state index is 0. The van der Waals surface area contributed by atoms with Crippen LogP contribution in [0.3, 0.4) is 0 Å². The van der Waals surface area contributed by atoms with E-state index >= 15 is 0 Å². The summed E-state index contributed by atoms with van der Waals surface area (Å²) in [5.74, 6) is 2.89. The Balaban J connectivity index is 0.00000274. The summed E-state index contributed by atoms with van der Waals surface area (Å²) in [5, 5.41) is 2.83. The number of quaternary nitrogens is 1. The molecule has 188 valence electrons. The van der Waals surface area contributed by atoms with Crippen LogP contribution in [0.1, 0.15) is 78.7 Å². The Bertz CT molecular complexity index is 985. The zero-order valence-corrected chi connectivity index (χ0v) is 23.7. The molecular weight excluding hydrogens is 482 g/mol. The van der Waals surface area contributed by atoms with E-state index in [1.54, 1.807) is 0 Å². The van der Waals surface area contributed by atoms with Gasteiger partial charge in [-0.25, -0.2) is 0 Å². The maximum atomic E-state index is 7.10. The number of halogens is 1. The zero-order valence-electron chi connectivity index (χ0n) is 22.2. The number of unbranched alkanes of at least 4 members (excludes halogenated alkanes) is 3. The number of fused-ring (bicyclic) bond motifs is 1. The van der Waals surface area contributed by atoms with Crippen LogP contribution in [0.2, 0.25) is 0 Å². The summed E-state index contributed by atoms with van der Waals surface area (Å²) in [6.45, 7) is 17.0. The van der Waals surface area contributed by atoms with Crippen LogP contribution in [0.4, 0.5) is 0 Å². The number of hydrogen-bond donors (Lipinski definition) is 0. The highest BCUT2D eigenvalue weighted by Crippen LogP contribution is 2.67. The van der Waals surface area contributed by atoms with Crippen molar-refractivity contribution in [1.82, 2.24) is 0 Å². The van der Waals surface area contributed by atoms with Crippen LogP contribution in [-0.4, -0.2) is 35.3 Å². The van der Waals surface area contributed by atoms with E-state index in [0.717, 1.165) is 25.0 Å². The zero-order chi connectivity index (χ0) is 23.3. The highest BCUT2D eigenvalue weighted by molar-refractivity contribution is 5.85. The minimum Gasteiger partial charge on any atom is -1.00 e. The van der Waals surface area contributed by atoms with E-state index in [0.29, 0.717) is 17.4 Å². The standard InChI is InChI=1S/C31H46NO.BrH/c1-6-7-8-11-19-33-31(23(2)3)22-32(20-24(4)28-17-18-29(31)30(28,32)5)21-26-15-12-14-25-13-9-10-16-27(25)26;/h9-10,12-16,23-24,28-29H,6-8,11,17-22H2,1-5H3;1H/q+1;/p-1/t24-,28+,29+,30-,31+,32-;/m1./s1. The summed E-state index contributed by atoms with van der Waals surface area (Å²) in [7, 11) is 0. The van der Waals surface area contributed by atoms with Gasteiger partial charge >= 0.3 is 0 Å². The van der Waals surface area contributed by atoms with Gasteiger partial charge in [0.1, 0.15) is 24.2 Å². The lowest BCUT2D eigenvalue weighted by molar-refractivity contribution is -0.968. The third-order valence-electron chi connectivity index (χ3n) is 10.4. The molecule has 0 amide bonds. The quantitative estimate of drug-likeness (QED) is 0.342. The predicted molar refractivity (Wildman–Crippen MR) is 139 cm³/mol. The smallest absolute Gasteiger partial charge is 0.128 e. The number of hydrogen-bond acceptors (Lipinski definition) is 1. The van der Waals surface area contributed by atoms with E-state index in [9.17, 15) is 0 Å². The molecule has 2 saturated heterocycles. The first-order chi connectivity index (χ1) is 15.9. The third kappa shape index (κ3) is 3.80. The molecule has 0 bridgehead atoms. The average molecular weight is 529 g/mol. The molecule has 6 atom stereocenters. The molecule has 0 spiro atoms. The summed E-state index contributed by atoms with van der Waals surface area (Å²) in [6.07, 6.45) is 7.90. The first-order valence-electron chi connectivity index (χ1n) is 13.8. The van der Waals surface area contributed by atoms with Crippen LogP contribution in [0.25, 0.3) is 10.8 Å². The lowest BCUT2D eigenvalue weighted by atomic mass is 9.72. The molecule has 2 aliphatic heterocycles. The van der Waals surface area contributed by atoms with E-state index in [-0.39, 0.29) is 22.6 Å². The largest absolute Gasteiger partial charge is 1.00 e. The van der Waals surface area contributed by atoms with Crippen molar-refractivity contribution >= 4 is 10.8 Å². The molecule has 5 rings (SSSR count). The maximum Gasteiger partial charge on any atom is 0.128 e. The number of rotatable bonds is 9. The molecule has 0 radical (unpaired) electrons. The van der Waals surface area contributed by atoms with E-state index in [1.807, 2.05) is 0 Å². The molecule has 3 fully saturated rings. The van der Waals surface area contributed by atoms with Crippen LogP contribution < -0.4 is 17.0 Å². The van der Waals surface area contributed by atoms with Gasteiger partial charge in [0.2, 0.25) is 0 Å². The number of benzene rings is 2. The van der Waals surface area contributed by atoms with E-state index in [2.05, 4.69) is 77.1 Å². The second-order valence-electron chi connectivity index (χ2n) is 12.2. The fraction of sp³-hybridized carbons (Fsp3) is 0.677. The Morgan fingerprint density at radius 1 is 1.03 bits per heavy atom. The molecule has 0 aromatic heterocycles. The molecule has 34 heavy (non-hydrogen) atoms. The van der Waals surface area contributed by atoms with Crippen molar-refractivity contribution in [3.05, 3.63) is 48.0 Å². The monoisotopic (exact) mass is 527 g/mol. The van der Waals surface area contributed by atoms with Gasteiger partial charge in [-0.2, -0.15) is 0 Å². The third-order valence-corrected chi connectivity index (χ3v) is 10.4. The van der Waals surface area contributed by atoms with Gasteiger partial charge in [-0.15, -0.1) is 0 Å². The fourth-order valence-electron chi connectivity index (χ4n) is 8.90. The van der Waals surface area contributed by atoms with Gasteiger partial charge in [0.25, 0.3) is 0 Å². The topological polar surface area (TPSA) is 9.23 Å². The van der Waals surface area contributed by atoms with Crippen LogP contribution >= 0.6 is 0 Å². The van der Waals surface area contributed by atoms with Crippen LogP contribution in [0, 0.1) is 23.7 Å². The summed E-state index contributed by atoms with van der Waals surface area (Å²) in [5.41, 5.74) is 1.90. The summed E-state index contributed by atoms with van der Waals surface area (Å²) >= 11 is 0. The van der Waals surface area contributed by atoms with Gasteiger partial charge in [-0.05, 0) is 42.9 Å². The first-order valence-corrected chi connectivity index (χ1v) is 13.8. The summed E-state index contributed by atoms with van der Waals surface area (Å²) in [4.78, 5) is 0. The van der Waals surface area contributed by atoms with Crippen molar-refractivity contribution in [2.75, 3.05) is 19.7 Å². The molecular formula is C31H46BrNO. The SMILES string of the molecule is CCCCCCO[C@]1(C(C)C)C[N@+]2(Cc3cccc4ccccc34)C[C@@H](C)[C@@H]3CC[C@H]1[C@@]32C.[Br-]. The Hall–Kier alpha value is -0.900. The summed E-state index contributed by atoms with van der Waals surface area (Å²) in [6, 6.07) is 16.0. The average Bonchev–Trinajstić information content (AvgIpc) is 3.34. The van der Waals surface area contributed by atoms with Crippen LogP contribution in [-0.2, 0) is 11.3 Å². The fourth-order valence-corrected chi connectivity index (χ4v) is 8.90. The van der Waals surface area contributed by atoms with Crippen molar-refractivity contribution in [2.24, 2.45) is 23.7 Å². The molecule has 3 aliphatic rings. The van der Waals surface area contributed by atoms with Gasteiger partial charge in [-0.1, -0.05) is 89.4 Å². The van der Waals surface area contributed by atoms with E-state index < -0.39 is 0 Å². The van der Waals surface area contributed by atoms with Gasteiger partial charge in [0.15, 0.2) is 0 Å². The molecule has 3 heteroatoms.